The first-order valence-corrected chi connectivity index (χ1v) is 5.01. The van der Waals surface area contributed by atoms with Gasteiger partial charge in [0.15, 0.2) is 0 Å². The Morgan fingerprint density at radius 1 is 1.12 bits per heavy atom. The van der Waals surface area contributed by atoms with Crippen LogP contribution in [-0.4, -0.2) is 6.29 Å². The van der Waals surface area contributed by atoms with Crippen molar-refractivity contribution in [2.24, 2.45) is 0 Å². The zero-order valence-corrected chi connectivity index (χ0v) is 8.73. The second-order valence-corrected chi connectivity index (χ2v) is 3.49. The number of hydrogen-bond acceptors (Lipinski definition) is 2. The first kappa shape index (κ1) is 10.3. The lowest BCUT2D eigenvalue weighted by Gasteiger charge is -1.99. The zero-order valence-electron chi connectivity index (χ0n) is 8.73. The van der Waals surface area contributed by atoms with Crippen LogP contribution in [0, 0.1) is 11.8 Å². The van der Waals surface area contributed by atoms with Crippen LogP contribution in [0.1, 0.15) is 12.0 Å². The number of benzene rings is 2. The molecule has 0 spiro atoms. The second kappa shape index (κ2) is 4.50. The first-order valence-electron chi connectivity index (χ1n) is 5.01. The molecule has 2 heteroatoms. The molecule has 0 unspecified atom stereocenters. The molecule has 0 saturated carbocycles. The van der Waals surface area contributed by atoms with Gasteiger partial charge < -0.3 is 10.5 Å². The number of hydrogen-bond donors (Lipinski definition) is 1. The molecule has 2 aromatic carbocycles. The number of fused-ring (bicyclic) bond motifs is 1. The second-order valence-electron chi connectivity index (χ2n) is 3.49. The Morgan fingerprint density at radius 3 is 2.69 bits per heavy atom. The maximum atomic E-state index is 10.1. The summed E-state index contributed by atoms with van der Waals surface area (Å²) in [6.45, 7) is 0. The van der Waals surface area contributed by atoms with Gasteiger partial charge >= 0.3 is 0 Å². The SMILES string of the molecule is Nc1ccc2cc(C#CCC=O)ccc2c1. The highest BCUT2D eigenvalue weighted by Crippen LogP contribution is 2.18. The van der Waals surface area contributed by atoms with Gasteiger partial charge in [0.2, 0.25) is 0 Å². The van der Waals surface area contributed by atoms with E-state index in [1.807, 2.05) is 36.4 Å². The molecule has 78 valence electrons. The maximum absolute atomic E-state index is 10.1. The molecular weight excluding hydrogens is 198 g/mol. The van der Waals surface area contributed by atoms with Crippen molar-refractivity contribution < 1.29 is 4.79 Å². The van der Waals surface area contributed by atoms with E-state index in [0.717, 1.165) is 28.3 Å². The van der Waals surface area contributed by atoms with Crippen molar-refractivity contribution in [1.82, 2.24) is 0 Å². The van der Waals surface area contributed by atoms with Crippen LogP contribution in [-0.2, 0) is 4.79 Å². The van der Waals surface area contributed by atoms with Crippen molar-refractivity contribution >= 4 is 22.7 Å². The van der Waals surface area contributed by atoms with Crippen LogP contribution in [0.5, 0.6) is 0 Å². The zero-order chi connectivity index (χ0) is 11.4. The van der Waals surface area contributed by atoms with Gasteiger partial charge in [0, 0.05) is 11.3 Å². The summed E-state index contributed by atoms with van der Waals surface area (Å²) in [4.78, 5) is 10.1. The van der Waals surface area contributed by atoms with Gasteiger partial charge in [0.25, 0.3) is 0 Å². The predicted molar refractivity (Wildman–Crippen MR) is 65.9 cm³/mol. The van der Waals surface area contributed by atoms with E-state index in [9.17, 15) is 4.79 Å². The van der Waals surface area contributed by atoms with Gasteiger partial charge in [-0.05, 0) is 35.0 Å². The third-order valence-electron chi connectivity index (χ3n) is 2.28. The quantitative estimate of drug-likeness (QED) is 0.445. The number of aldehydes is 1. The number of carbonyl (C=O) groups is 1. The van der Waals surface area contributed by atoms with E-state index in [1.165, 1.54) is 0 Å². The fraction of sp³-hybridized carbons (Fsp3) is 0.0714. The van der Waals surface area contributed by atoms with Crippen LogP contribution in [0.25, 0.3) is 10.8 Å². The Balaban J connectivity index is 2.42. The standard InChI is InChI=1S/C14H11NO/c15-14-7-6-12-9-11(3-1-2-8-16)4-5-13(12)10-14/h4-10H,2,15H2. The molecule has 0 aromatic heterocycles. The minimum Gasteiger partial charge on any atom is -0.399 e. The van der Waals surface area contributed by atoms with Crippen molar-refractivity contribution in [2.45, 2.75) is 6.42 Å². The van der Waals surface area contributed by atoms with Crippen LogP contribution in [0.3, 0.4) is 0 Å². The molecule has 0 aliphatic rings. The molecule has 0 aliphatic heterocycles. The maximum Gasteiger partial charge on any atom is 0.131 e. The number of nitrogens with two attached hydrogens (primary N) is 1. The van der Waals surface area contributed by atoms with Crippen LogP contribution in [0.15, 0.2) is 36.4 Å². The van der Waals surface area contributed by atoms with Crippen molar-refractivity contribution in [3.8, 4) is 11.8 Å². The molecule has 0 fully saturated rings. The van der Waals surface area contributed by atoms with Crippen LogP contribution < -0.4 is 5.73 Å². The Labute approximate surface area is 94.1 Å². The van der Waals surface area contributed by atoms with Gasteiger partial charge in [-0.2, -0.15) is 0 Å². The van der Waals surface area contributed by atoms with Crippen LogP contribution in [0.4, 0.5) is 5.69 Å². The van der Waals surface area contributed by atoms with Gasteiger partial charge in [-0.25, -0.2) is 0 Å². The highest BCUT2D eigenvalue weighted by atomic mass is 16.1. The van der Waals surface area contributed by atoms with E-state index in [-0.39, 0.29) is 6.42 Å². The molecule has 16 heavy (non-hydrogen) atoms. The van der Waals surface area contributed by atoms with Crippen molar-refractivity contribution in [2.75, 3.05) is 5.73 Å². The molecule has 0 atom stereocenters. The Kier molecular flexibility index (Phi) is 2.88. The van der Waals surface area contributed by atoms with Crippen molar-refractivity contribution in [1.29, 1.82) is 0 Å². The van der Waals surface area contributed by atoms with E-state index in [4.69, 9.17) is 5.73 Å². The fourth-order valence-corrected chi connectivity index (χ4v) is 1.54. The summed E-state index contributed by atoms with van der Waals surface area (Å²) in [6, 6.07) is 11.7. The molecule has 2 N–H and O–H groups in total. The molecule has 0 bridgehead atoms. The summed E-state index contributed by atoms with van der Waals surface area (Å²) in [6.07, 6.45) is 1.08. The lowest BCUT2D eigenvalue weighted by molar-refractivity contribution is -0.107. The van der Waals surface area contributed by atoms with Gasteiger partial charge in [0.1, 0.15) is 6.29 Å². The predicted octanol–water partition coefficient (Wildman–Crippen LogP) is 2.36. The van der Waals surface area contributed by atoms with Crippen LogP contribution in [0.2, 0.25) is 0 Å². The highest BCUT2D eigenvalue weighted by molar-refractivity contribution is 5.86. The minimum atomic E-state index is 0.278. The van der Waals surface area contributed by atoms with E-state index < -0.39 is 0 Å². The summed E-state index contributed by atoms with van der Waals surface area (Å²) in [5, 5.41) is 2.20. The lowest BCUT2D eigenvalue weighted by Crippen LogP contribution is -1.84. The van der Waals surface area contributed by atoms with Gasteiger partial charge in [-0.3, -0.25) is 0 Å². The summed E-state index contributed by atoms with van der Waals surface area (Å²) in [7, 11) is 0. The molecule has 0 radical (unpaired) electrons. The fourth-order valence-electron chi connectivity index (χ4n) is 1.54. The van der Waals surface area contributed by atoms with Crippen molar-refractivity contribution in [3.63, 3.8) is 0 Å². The highest BCUT2D eigenvalue weighted by Gasteiger charge is 1.94. The van der Waals surface area contributed by atoms with Crippen molar-refractivity contribution in [3.05, 3.63) is 42.0 Å². The molecule has 0 amide bonds. The molecule has 0 aliphatic carbocycles. The molecule has 2 rings (SSSR count). The Hall–Kier alpha value is -2.27. The summed E-state index contributed by atoms with van der Waals surface area (Å²) in [5.41, 5.74) is 7.37. The number of carbonyl (C=O) groups excluding carboxylic acids is 1. The van der Waals surface area contributed by atoms with E-state index in [2.05, 4.69) is 11.8 Å². The molecular formula is C14H11NO. The number of rotatable bonds is 1. The number of nitrogen functional groups attached to an aromatic ring is 1. The molecule has 2 aromatic rings. The smallest absolute Gasteiger partial charge is 0.131 e. The largest absolute Gasteiger partial charge is 0.399 e. The van der Waals surface area contributed by atoms with E-state index in [0.29, 0.717) is 0 Å². The van der Waals surface area contributed by atoms with Crippen LogP contribution >= 0.6 is 0 Å². The van der Waals surface area contributed by atoms with Gasteiger partial charge in [-0.15, -0.1) is 0 Å². The van der Waals surface area contributed by atoms with E-state index >= 15 is 0 Å². The third-order valence-corrected chi connectivity index (χ3v) is 2.28. The van der Waals surface area contributed by atoms with Gasteiger partial charge in [0.05, 0.1) is 6.42 Å². The summed E-state index contributed by atoms with van der Waals surface area (Å²) < 4.78 is 0. The summed E-state index contributed by atoms with van der Waals surface area (Å²) >= 11 is 0. The molecule has 2 nitrogen and oxygen atoms in total. The lowest BCUT2D eigenvalue weighted by atomic mass is 10.1. The average Bonchev–Trinajstić information content (AvgIpc) is 2.29. The normalized spacial score (nSPS) is 9.50. The minimum absolute atomic E-state index is 0.278. The average molecular weight is 209 g/mol. The van der Waals surface area contributed by atoms with E-state index in [1.54, 1.807) is 0 Å². The summed E-state index contributed by atoms with van der Waals surface area (Å²) in [5.74, 6) is 5.72. The Morgan fingerprint density at radius 2 is 1.88 bits per heavy atom. The topological polar surface area (TPSA) is 43.1 Å². The van der Waals surface area contributed by atoms with Gasteiger partial charge in [-0.1, -0.05) is 24.0 Å². The first-order chi connectivity index (χ1) is 7.79. The third kappa shape index (κ3) is 2.21. The Bertz CT molecular complexity index is 590. The molecule has 0 heterocycles. The molecule has 0 saturated heterocycles. The monoisotopic (exact) mass is 209 g/mol. The number of anilines is 1.